The highest BCUT2D eigenvalue weighted by Gasteiger charge is 2.20. The molecule has 1 atom stereocenters. The van der Waals surface area contributed by atoms with E-state index in [1.165, 1.54) is 6.07 Å². The number of hydrogen-bond acceptors (Lipinski definition) is 5. The van der Waals surface area contributed by atoms with Gasteiger partial charge in [0.1, 0.15) is 5.02 Å². The Morgan fingerprint density at radius 3 is 2.95 bits per heavy atom. The molecule has 1 heterocycles. The first kappa shape index (κ1) is 15.0. The molecule has 1 aliphatic heterocycles. The van der Waals surface area contributed by atoms with Gasteiger partial charge < -0.3 is 15.0 Å². The summed E-state index contributed by atoms with van der Waals surface area (Å²) >= 11 is 5.97. The number of anilines is 1. The summed E-state index contributed by atoms with van der Waals surface area (Å²) in [4.78, 5) is 12.4. The van der Waals surface area contributed by atoms with Crippen LogP contribution in [0, 0.1) is 17.0 Å². The Kier molecular flexibility index (Phi) is 4.80. The van der Waals surface area contributed by atoms with E-state index in [2.05, 4.69) is 5.32 Å². The number of halogens is 1. The van der Waals surface area contributed by atoms with Crippen LogP contribution in [0.2, 0.25) is 5.02 Å². The van der Waals surface area contributed by atoms with Crippen LogP contribution in [0.4, 0.5) is 11.4 Å². The SMILES string of the molecule is Cc1cc([N+](=O)[O-])c(Cl)cc1N(C)CC1CNCCO1. The standard InChI is InChI=1S/C13H18ClN3O3/c1-9-5-13(17(18)19)11(14)6-12(9)16(2)8-10-7-15-3-4-20-10/h5-6,10,15H,3-4,7-8H2,1-2H3. The van der Waals surface area contributed by atoms with Gasteiger partial charge in [-0.3, -0.25) is 10.1 Å². The van der Waals surface area contributed by atoms with Gasteiger partial charge in [-0.25, -0.2) is 0 Å². The van der Waals surface area contributed by atoms with Crippen molar-refractivity contribution in [2.24, 2.45) is 0 Å². The van der Waals surface area contributed by atoms with Crippen molar-refractivity contribution in [3.05, 3.63) is 32.8 Å². The molecule has 0 aromatic heterocycles. The molecule has 110 valence electrons. The molecular weight excluding hydrogens is 282 g/mol. The number of ether oxygens (including phenoxy) is 1. The minimum Gasteiger partial charge on any atom is -0.374 e. The van der Waals surface area contributed by atoms with Crippen LogP contribution in [-0.4, -0.2) is 44.3 Å². The van der Waals surface area contributed by atoms with Crippen LogP contribution in [0.25, 0.3) is 0 Å². The molecule has 1 aliphatic rings. The van der Waals surface area contributed by atoms with Crippen molar-refractivity contribution in [1.82, 2.24) is 5.32 Å². The van der Waals surface area contributed by atoms with E-state index in [0.717, 1.165) is 24.3 Å². The molecule has 0 bridgehead atoms. The molecule has 1 N–H and O–H groups in total. The summed E-state index contributed by atoms with van der Waals surface area (Å²) < 4.78 is 5.66. The second-order valence-corrected chi connectivity index (χ2v) is 5.33. The Bertz CT molecular complexity index is 504. The summed E-state index contributed by atoms with van der Waals surface area (Å²) in [7, 11) is 1.93. The van der Waals surface area contributed by atoms with E-state index < -0.39 is 4.92 Å². The van der Waals surface area contributed by atoms with Crippen molar-refractivity contribution >= 4 is 23.0 Å². The van der Waals surface area contributed by atoms with E-state index in [1.54, 1.807) is 6.07 Å². The molecule has 1 unspecified atom stereocenters. The summed E-state index contributed by atoms with van der Waals surface area (Å²) in [5, 5.41) is 14.3. The molecule has 20 heavy (non-hydrogen) atoms. The molecule has 7 heteroatoms. The quantitative estimate of drug-likeness (QED) is 0.680. The highest BCUT2D eigenvalue weighted by atomic mass is 35.5. The molecule has 0 aliphatic carbocycles. The van der Waals surface area contributed by atoms with E-state index in [1.807, 2.05) is 18.9 Å². The number of aryl methyl sites for hydroxylation is 1. The highest BCUT2D eigenvalue weighted by Crippen LogP contribution is 2.32. The topological polar surface area (TPSA) is 67.6 Å². The Morgan fingerprint density at radius 2 is 2.35 bits per heavy atom. The summed E-state index contributed by atoms with van der Waals surface area (Å²) in [5.74, 6) is 0. The molecular formula is C13H18ClN3O3. The molecule has 2 rings (SSSR count). The third-order valence-electron chi connectivity index (χ3n) is 3.36. The number of hydrogen-bond donors (Lipinski definition) is 1. The van der Waals surface area contributed by atoms with Crippen LogP contribution < -0.4 is 10.2 Å². The van der Waals surface area contributed by atoms with Crippen molar-refractivity contribution < 1.29 is 9.66 Å². The van der Waals surface area contributed by atoms with Gasteiger partial charge in [-0.2, -0.15) is 0 Å². The lowest BCUT2D eigenvalue weighted by Crippen LogP contribution is -2.44. The zero-order valence-electron chi connectivity index (χ0n) is 11.6. The van der Waals surface area contributed by atoms with Crippen LogP contribution in [0.1, 0.15) is 5.56 Å². The first-order valence-corrected chi connectivity index (χ1v) is 6.85. The van der Waals surface area contributed by atoms with Gasteiger partial charge in [-0.05, 0) is 18.6 Å². The second-order valence-electron chi connectivity index (χ2n) is 4.92. The molecule has 0 amide bonds. The van der Waals surface area contributed by atoms with E-state index in [0.29, 0.717) is 13.2 Å². The minimum atomic E-state index is -0.465. The smallest absolute Gasteiger partial charge is 0.288 e. The van der Waals surface area contributed by atoms with Crippen molar-refractivity contribution in [3.8, 4) is 0 Å². The van der Waals surface area contributed by atoms with E-state index in [9.17, 15) is 10.1 Å². The number of nitrogens with zero attached hydrogens (tertiary/aromatic N) is 2. The Balaban J connectivity index is 2.14. The van der Waals surface area contributed by atoms with E-state index in [-0.39, 0.29) is 16.8 Å². The molecule has 1 aromatic rings. The number of nitro groups is 1. The molecule has 1 aromatic carbocycles. The summed E-state index contributed by atoms with van der Waals surface area (Å²) in [6, 6.07) is 3.15. The van der Waals surface area contributed by atoms with Gasteiger partial charge in [0.05, 0.1) is 17.6 Å². The van der Waals surface area contributed by atoms with Crippen LogP contribution in [0.5, 0.6) is 0 Å². The van der Waals surface area contributed by atoms with Crippen LogP contribution >= 0.6 is 11.6 Å². The number of nitro benzene ring substituents is 1. The largest absolute Gasteiger partial charge is 0.374 e. The fraction of sp³-hybridized carbons (Fsp3) is 0.538. The van der Waals surface area contributed by atoms with Crippen molar-refractivity contribution in [3.63, 3.8) is 0 Å². The zero-order chi connectivity index (χ0) is 14.7. The number of benzene rings is 1. The Hall–Kier alpha value is -1.37. The zero-order valence-corrected chi connectivity index (χ0v) is 12.3. The summed E-state index contributed by atoms with van der Waals surface area (Å²) in [5.41, 5.74) is 1.65. The highest BCUT2D eigenvalue weighted by molar-refractivity contribution is 6.33. The molecule has 0 spiro atoms. The third kappa shape index (κ3) is 3.39. The number of likely N-dealkylation sites (N-methyl/N-ethyl adjacent to an activating group) is 1. The number of morpholine rings is 1. The average Bonchev–Trinajstić information content (AvgIpc) is 2.41. The van der Waals surface area contributed by atoms with Crippen LogP contribution in [0.3, 0.4) is 0 Å². The normalized spacial score (nSPS) is 18.9. The molecule has 1 fully saturated rings. The molecule has 0 radical (unpaired) electrons. The van der Waals surface area contributed by atoms with Gasteiger partial charge in [-0.1, -0.05) is 11.6 Å². The van der Waals surface area contributed by atoms with E-state index >= 15 is 0 Å². The fourth-order valence-corrected chi connectivity index (χ4v) is 2.57. The predicted molar refractivity (Wildman–Crippen MR) is 78.7 cm³/mol. The lowest BCUT2D eigenvalue weighted by Gasteiger charge is -2.30. The summed E-state index contributed by atoms with van der Waals surface area (Å²) in [6.45, 7) is 4.95. The lowest BCUT2D eigenvalue weighted by atomic mass is 10.1. The van der Waals surface area contributed by atoms with Gasteiger partial charge in [0.2, 0.25) is 0 Å². The number of nitrogens with one attached hydrogen (secondary N) is 1. The van der Waals surface area contributed by atoms with Gasteiger partial charge in [-0.15, -0.1) is 0 Å². The Labute approximate surface area is 122 Å². The van der Waals surface area contributed by atoms with Crippen LogP contribution in [0.15, 0.2) is 12.1 Å². The maximum absolute atomic E-state index is 10.9. The fourth-order valence-electron chi connectivity index (χ4n) is 2.35. The van der Waals surface area contributed by atoms with Crippen LogP contribution in [-0.2, 0) is 4.74 Å². The first-order chi connectivity index (χ1) is 9.49. The number of rotatable bonds is 4. The minimum absolute atomic E-state index is 0.0584. The first-order valence-electron chi connectivity index (χ1n) is 6.47. The molecule has 6 nitrogen and oxygen atoms in total. The van der Waals surface area contributed by atoms with Crippen molar-refractivity contribution in [1.29, 1.82) is 0 Å². The van der Waals surface area contributed by atoms with Crippen molar-refractivity contribution in [2.45, 2.75) is 13.0 Å². The van der Waals surface area contributed by atoms with Crippen molar-refractivity contribution in [2.75, 3.05) is 38.2 Å². The lowest BCUT2D eigenvalue weighted by molar-refractivity contribution is -0.384. The van der Waals surface area contributed by atoms with Gasteiger partial charge >= 0.3 is 0 Å². The molecule has 1 saturated heterocycles. The van der Waals surface area contributed by atoms with Gasteiger partial charge in [0.15, 0.2) is 0 Å². The third-order valence-corrected chi connectivity index (χ3v) is 3.66. The maximum Gasteiger partial charge on any atom is 0.288 e. The van der Waals surface area contributed by atoms with Gasteiger partial charge in [0.25, 0.3) is 5.69 Å². The van der Waals surface area contributed by atoms with E-state index in [4.69, 9.17) is 16.3 Å². The maximum atomic E-state index is 10.9. The average molecular weight is 300 g/mol. The molecule has 0 saturated carbocycles. The summed E-state index contributed by atoms with van der Waals surface area (Å²) in [6.07, 6.45) is 0.113. The second kappa shape index (κ2) is 6.39. The monoisotopic (exact) mass is 299 g/mol. The predicted octanol–water partition coefficient (Wildman–Crippen LogP) is 1.98. The van der Waals surface area contributed by atoms with Gasteiger partial charge in [0, 0.05) is 38.4 Å². The Morgan fingerprint density at radius 1 is 1.60 bits per heavy atom.